The monoisotopic (exact) mass is 459 g/mol. The Labute approximate surface area is 187 Å². The number of nitrogens with one attached hydrogen (secondary N) is 2. The van der Waals surface area contributed by atoms with Gasteiger partial charge in [0.05, 0.1) is 5.69 Å². The molecule has 0 aliphatic carbocycles. The fourth-order valence-corrected chi connectivity index (χ4v) is 4.17. The minimum Gasteiger partial charge on any atom is -0.480 e. The zero-order valence-electron chi connectivity index (χ0n) is 17.3. The summed E-state index contributed by atoms with van der Waals surface area (Å²) in [6.07, 6.45) is 2.64. The third kappa shape index (κ3) is 5.45. The number of aliphatic carboxylic acids is 1. The highest BCUT2D eigenvalue weighted by molar-refractivity contribution is 7.80. The molecule has 0 bridgehead atoms. The van der Waals surface area contributed by atoms with Gasteiger partial charge in [-0.3, -0.25) is 8.86 Å². The first-order valence-corrected chi connectivity index (χ1v) is 11.2. The van der Waals surface area contributed by atoms with Crippen molar-refractivity contribution in [1.29, 1.82) is 0 Å². The number of carbonyl (C=O) groups is 2. The SMILES string of the molecule is C=CCNC(=O)NCCCCC(C(=O)O)N(c1ccc2oc3ccccc3c2c1)S(=O)O. The Morgan fingerprint density at radius 2 is 1.88 bits per heavy atom. The van der Waals surface area contributed by atoms with Gasteiger partial charge in [-0.1, -0.05) is 24.3 Å². The Hall–Kier alpha value is -3.37. The molecule has 4 N–H and O–H groups in total. The lowest BCUT2D eigenvalue weighted by Gasteiger charge is -2.27. The molecule has 2 amide bonds. The quantitative estimate of drug-likeness (QED) is 0.197. The van der Waals surface area contributed by atoms with Gasteiger partial charge in [0.25, 0.3) is 11.3 Å². The molecule has 0 fully saturated rings. The predicted molar refractivity (Wildman–Crippen MR) is 124 cm³/mol. The summed E-state index contributed by atoms with van der Waals surface area (Å²) >= 11 is -2.56. The Balaban J connectivity index is 1.74. The molecule has 0 saturated carbocycles. The standard InChI is InChI=1S/C22H25N3O6S/c1-2-12-23-22(28)24-13-6-5-8-18(21(26)27)25(32(29)30)15-10-11-20-17(14-15)16-7-3-4-9-19(16)31-20/h2-4,7,9-11,14,18H,1,5-6,8,12-13H2,(H,26,27)(H,29,30)(H2,23,24,28). The number of carboxylic acid groups (broad SMARTS) is 1. The number of benzene rings is 2. The normalized spacial score (nSPS) is 12.9. The summed E-state index contributed by atoms with van der Waals surface area (Å²) in [5, 5.41) is 16.5. The molecular formula is C22H25N3O6S. The van der Waals surface area contributed by atoms with Gasteiger partial charge in [0, 0.05) is 23.9 Å². The zero-order chi connectivity index (χ0) is 23.1. The van der Waals surface area contributed by atoms with Crippen molar-refractivity contribution in [3.8, 4) is 0 Å². The zero-order valence-corrected chi connectivity index (χ0v) is 18.1. The van der Waals surface area contributed by atoms with Gasteiger partial charge in [-0.2, -0.15) is 0 Å². The number of carbonyl (C=O) groups excluding carboxylic acids is 1. The molecule has 3 rings (SSSR count). The third-order valence-electron chi connectivity index (χ3n) is 4.95. The Kier molecular flexibility index (Phi) is 7.85. The van der Waals surface area contributed by atoms with Gasteiger partial charge in [-0.15, -0.1) is 6.58 Å². The van der Waals surface area contributed by atoms with Crippen LogP contribution in [0.1, 0.15) is 19.3 Å². The molecule has 1 aromatic heterocycles. The molecule has 0 saturated heterocycles. The number of para-hydroxylation sites is 1. The summed E-state index contributed by atoms with van der Waals surface area (Å²) in [4.78, 5) is 23.5. The molecule has 0 spiro atoms. The van der Waals surface area contributed by atoms with Crippen LogP contribution in [0.15, 0.2) is 59.5 Å². The summed E-state index contributed by atoms with van der Waals surface area (Å²) in [6, 6.07) is 10.7. The van der Waals surface area contributed by atoms with E-state index in [2.05, 4.69) is 17.2 Å². The van der Waals surface area contributed by atoms with E-state index in [9.17, 15) is 23.5 Å². The molecular weight excluding hydrogens is 434 g/mol. The lowest BCUT2D eigenvalue weighted by atomic mass is 10.1. The van der Waals surface area contributed by atoms with Gasteiger partial charge < -0.3 is 20.2 Å². The first kappa shape index (κ1) is 23.3. The van der Waals surface area contributed by atoms with Crippen LogP contribution in [0, 0.1) is 0 Å². The number of urea groups is 1. The Morgan fingerprint density at radius 3 is 2.59 bits per heavy atom. The lowest BCUT2D eigenvalue weighted by molar-refractivity contribution is -0.138. The summed E-state index contributed by atoms with van der Waals surface area (Å²) in [5.74, 6) is -1.21. The molecule has 0 aliphatic rings. The highest BCUT2D eigenvalue weighted by Crippen LogP contribution is 2.33. The number of hydrogen-bond acceptors (Lipinski definition) is 4. The number of hydrogen-bond donors (Lipinski definition) is 4. The largest absolute Gasteiger partial charge is 0.480 e. The van der Waals surface area contributed by atoms with E-state index < -0.39 is 23.3 Å². The average Bonchev–Trinajstić information content (AvgIpc) is 3.14. The second-order valence-electron chi connectivity index (χ2n) is 7.11. The molecule has 32 heavy (non-hydrogen) atoms. The second kappa shape index (κ2) is 10.8. The highest BCUT2D eigenvalue weighted by atomic mass is 32.2. The maximum absolute atomic E-state index is 12.1. The van der Waals surface area contributed by atoms with Crippen molar-refractivity contribution in [2.45, 2.75) is 25.3 Å². The van der Waals surface area contributed by atoms with Gasteiger partial charge in [0.2, 0.25) is 0 Å². The summed E-state index contributed by atoms with van der Waals surface area (Å²) in [6.45, 7) is 4.21. The van der Waals surface area contributed by atoms with Crippen LogP contribution in [0.3, 0.4) is 0 Å². The van der Waals surface area contributed by atoms with Crippen molar-refractivity contribution in [2.24, 2.45) is 0 Å². The smallest absolute Gasteiger partial charge is 0.327 e. The average molecular weight is 460 g/mol. The predicted octanol–water partition coefficient (Wildman–Crippen LogP) is 3.64. The van der Waals surface area contributed by atoms with Crippen LogP contribution in [-0.2, 0) is 16.1 Å². The molecule has 1 heterocycles. The number of furan rings is 1. The van der Waals surface area contributed by atoms with Crippen LogP contribution >= 0.6 is 0 Å². The summed E-state index contributed by atoms with van der Waals surface area (Å²) in [7, 11) is 0. The molecule has 2 aromatic carbocycles. The Bertz CT molecular complexity index is 1150. The van der Waals surface area contributed by atoms with Crippen LogP contribution in [0.25, 0.3) is 21.9 Å². The number of rotatable bonds is 11. The van der Waals surface area contributed by atoms with Gasteiger partial charge in [0.1, 0.15) is 17.2 Å². The number of anilines is 1. The highest BCUT2D eigenvalue weighted by Gasteiger charge is 2.30. The van der Waals surface area contributed by atoms with E-state index in [-0.39, 0.29) is 12.5 Å². The van der Waals surface area contributed by atoms with E-state index in [0.717, 1.165) is 15.1 Å². The van der Waals surface area contributed by atoms with Crippen molar-refractivity contribution in [1.82, 2.24) is 10.6 Å². The van der Waals surface area contributed by atoms with Crippen molar-refractivity contribution >= 4 is 50.9 Å². The molecule has 0 aliphatic heterocycles. The van der Waals surface area contributed by atoms with E-state index in [0.29, 0.717) is 42.8 Å². The fourth-order valence-electron chi connectivity index (χ4n) is 3.46. The molecule has 3 aromatic rings. The minimum absolute atomic E-state index is 0.127. The molecule has 9 nitrogen and oxygen atoms in total. The molecule has 0 radical (unpaired) electrons. The first-order chi connectivity index (χ1) is 15.4. The molecule has 2 unspecified atom stereocenters. The molecule has 10 heteroatoms. The number of carboxylic acids is 1. The van der Waals surface area contributed by atoms with E-state index >= 15 is 0 Å². The van der Waals surface area contributed by atoms with Gasteiger partial charge in [-0.05, 0) is 43.5 Å². The number of unbranched alkanes of at least 4 members (excludes halogenated alkanes) is 1. The van der Waals surface area contributed by atoms with E-state index in [4.69, 9.17) is 4.42 Å². The lowest BCUT2D eigenvalue weighted by Crippen LogP contribution is -2.42. The number of nitrogens with zero attached hydrogens (tertiary/aromatic N) is 1. The van der Waals surface area contributed by atoms with Gasteiger partial charge >= 0.3 is 12.0 Å². The summed E-state index contributed by atoms with van der Waals surface area (Å²) < 4.78 is 28.8. The van der Waals surface area contributed by atoms with Crippen LogP contribution < -0.4 is 14.9 Å². The van der Waals surface area contributed by atoms with Gasteiger partial charge in [-0.25, -0.2) is 13.8 Å². The van der Waals surface area contributed by atoms with Crippen LogP contribution in [-0.4, -0.2) is 45.0 Å². The van der Waals surface area contributed by atoms with Crippen LogP contribution in [0.2, 0.25) is 0 Å². The Morgan fingerprint density at radius 1 is 1.12 bits per heavy atom. The number of amides is 2. The van der Waals surface area contributed by atoms with Crippen molar-refractivity contribution < 1.29 is 27.9 Å². The van der Waals surface area contributed by atoms with Crippen molar-refractivity contribution in [3.63, 3.8) is 0 Å². The van der Waals surface area contributed by atoms with Gasteiger partial charge in [0.15, 0.2) is 0 Å². The van der Waals surface area contributed by atoms with Crippen molar-refractivity contribution in [3.05, 3.63) is 55.1 Å². The van der Waals surface area contributed by atoms with E-state index in [1.807, 2.05) is 24.3 Å². The fraction of sp³-hybridized carbons (Fsp3) is 0.273. The van der Waals surface area contributed by atoms with E-state index in [1.54, 1.807) is 24.3 Å². The molecule has 170 valence electrons. The second-order valence-corrected chi connectivity index (χ2v) is 7.97. The topological polar surface area (TPSA) is 132 Å². The molecule has 2 atom stereocenters. The summed E-state index contributed by atoms with van der Waals surface area (Å²) in [5.41, 5.74) is 1.58. The van der Waals surface area contributed by atoms with E-state index in [1.165, 1.54) is 0 Å². The minimum atomic E-state index is -2.56. The maximum Gasteiger partial charge on any atom is 0.327 e. The third-order valence-corrected chi connectivity index (χ3v) is 5.75. The maximum atomic E-state index is 12.1. The number of fused-ring (bicyclic) bond motifs is 3. The van der Waals surface area contributed by atoms with Crippen molar-refractivity contribution in [2.75, 3.05) is 17.4 Å². The van der Waals surface area contributed by atoms with Crippen LogP contribution in [0.4, 0.5) is 10.5 Å². The van der Waals surface area contributed by atoms with Crippen LogP contribution in [0.5, 0.6) is 0 Å². The first-order valence-electron chi connectivity index (χ1n) is 10.1.